The van der Waals surface area contributed by atoms with Gasteiger partial charge in [0.15, 0.2) is 0 Å². The summed E-state index contributed by atoms with van der Waals surface area (Å²) < 4.78 is 0. The molecule has 0 aliphatic carbocycles. The number of primary amides is 1. The van der Waals surface area contributed by atoms with Crippen molar-refractivity contribution in [1.82, 2.24) is 10.2 Å². The van der Waals surface area contributed by atoms with Gasteiger partial charge in [-0.1, -0.05) is 60.2 Å². The van der Waals surface area contributed by atoms with Crippen molar-refractivity contribution in [3.05, 3.63) is 71.3 Å². The number of amides is 4. The number of carbonyl (C=O) groups excluding carboxylic acids is 3. The van der Waals surface area contributed by atoms with Crippen molar-refractivity contribution >= 4 is 17.8 Å². The van der Waals surface area contributed by atoms with Gasteiger partial charge in [0.2, 0.25) is 5.91 Å². The molecule has 0 radical (unpaired) electrons. The van der Waals surface area contributed by atoms with E-state index in [1.807, 2.05) is 49.4 Å². The maximum atomic E-state index is 12.8. The minimum absolute atomic E-state index is 0.190. The third kappa shape index (κ3) is 3.38. The summed E-state index contributed by atoms with van der Waals surface area (Å²) in [5.41, 5.74) is 8.03. The lowest BCUT2D eigenvalue weighted by atomic mass is 10.0. The highest BCUT2D eigenvalue weighted by atomic mass is 16.2. The smallest absolute Gasteiger partial charge is 0.325 e. The van der Waals surface area contributed by atoms with E-state index >= 15 is 0 Å². The van der Waals surface area contributed by atoms with Crippen LogP contribution in [0.25, 0.3) is 0 Å². The first kappa shape index (κ1) is 16.7. The van der Waals surface area contributed by atoms with Gasteiger partial charge < -0.3 is 11.1 Å². The molecule has 6 heteroatoms. The van der Waals surface area contributed by atoms with Crippen molar-refractivity contribution in [2.45, 2.75) is 25.4 Å². The molecule has 2 atom stereocenters. The number of rotatable bonds is 5. The first-order valence-corrected chi connectivity index (χ1v) is 8.01. The van der Waals surface area contributed by atoms with Gasteiger partial charge in [-0.3, -0.25) is 9.59 Å². The Kier molecular flexibility index (Phi) is 4.52. The highest BCUT2D eigenvalue weighted by Gasteiger charge is 2.44. The molecule has 3 N–H and O–H groups in total. The summed E-state index contributed by atoms with van der Waals surface area (Å²) in [6.45, 7) is 1.94. The standard InChI is InChI=1S/C19H19N3O3/c1-12-7-9-14(10-8-12)16-18(24)22(19(25)21-16)15(17(20)23)11-13-5-3-2-4-6-13/h2-10,15-16H,11H2,1H3,(H2,20,23)(H,21,25)/t15-,16?/m0/s1. The molecule has 0 bridgehead atoms. The van der Waals surface area contributed by atoms with E-state index in [1.165, 1.54) is 0 Å². The Bertz CT molecular complexity index is 802. The van der Waals surface area contributed by atoms with Gasteiger partial charge in [0.1, 0.15) is 12.1 Å². The Hall–Kier alpha value is -3.15. The highest BCUT2D eigenvalue weighted by Crippen LogP contribution is 2.25. The SMILES string of the molecule is Cc1ccc(C2NC(=O)N([C@@H](Cc3ccccc3)C(N)=O)C2=O)cc1. The van der Waals surface area contributed by atoms with Gasteiger partial charge in [0, 0.05) is 6.42 Å². The quantitative estimate of drug-likeness (QED) is 0.813. The summed E-state index contributed by atoms with van der Waals surface area (Å²) in [5.74, 6) is -1.18. The van der Waals surface area contributed by atoms with Crippen molar-refractivity contribution in [3.8, 4) is 0 Å². The van der Waals surface area contributed by atoms with Crippen LogP contribution in [0.1, 0.15) is 22.7 Å². The van der Waals surface area contributed by atoms with Gasteiger partial charge in [-0.15, -0.1) is 0 Å². The predicted octanol–water partition coefficient (Wildman–Crippen LogP) is 1.68. The summed E-state index contributed by atoms with van der Waals surface area (Å²) in [6, 6.07) is 14.0. The van der Waals surface area contributed by atoms with E-state index in [1.54, 1.807) is 12.1 Å². The molecule has 2 aromatic rings. The fraction of sp³-hybridized carbons (Fsp3) is 0.211. The van der Waals surface area contributed by atoms with Gasteiger partial charge >= 0.3 is 6.03 Å². The second kappa shape index (κ2) is 6.76. The second-order valence-electron chi connectivity index (χ2n) is 6.11. The van der Waals surface area contributed by atoms with E-state index in [9.17, 15) is 14.4 Å². The molecule has 1 unspecified atom stereocenters. The molecular weight excluding hydrogens is 318 g/mol. The maximum absolute atomic E-state index is 12.8. The van der Waals surface area contributed by atoms with Crippen LogP contribution in [0.4, 0.5) is 4.79 Å². The molecule has 0 aromatic heterocycles. The normalized spacial score (nSPS) is 18.1. The molecule has 1 heterocycles. The number of carbonyl (C=O) groups is 3. The minimum Gasteiger partial charge on any atom is -0.368 e. The van der Waals surface area contributed by atoms with Crippen LogP contribution in [0.5, 0.6) is 0 Å². The molecular formula is C19H19N3O3. The number of hydrogen-bond acceptors (Lipinski definition) is 3. The number of nitrogens with one attached hydrogen (secondary N) is 1. The van der Waals surface area contributed by atoms with Crippen LogP contribution in [0, 0.1) is 6.92 Å². The lowest BCUT2D eigenvalue weighted by Gasteiger charge is -2.22. The van der Waals surface area contributed by atoms with E-state index < -0.39 is 29.9 Å². The summed E-state index contributed by atoms with van der Waals surface area (Å²) >= 11 is 0. The zero-order valence-electron chi connectivity index (χ0n) is 13.8. The number of imide groups is 1. The Labute approximate surface area is 145 Å². The maximum Gasteiger partial charge on any atom is 0.325 e. The molecule has 1 aliphatic rings. The average Bonchev–Trinajstić information content (AvgIpc) is 2.89. The van der Waals surface area contributed by atoms with E-state index in [-0.39, 0.29) is 6.42 Å². The predicted molar refractivity (Wildman–Crippen MR) is 92.4 cm³/mol. The van der Waals surface area contributed by atoms with Crippen LogP contribution < -0.4 is 11.1 Å². The van der Waals surface area contributed by atoms with Crippen molar-refractivity contribution in [1.29, 1.82) is 0 Å². The Morgan fingerprint density at radius 3 is 2.36 bits per heavy atom. The summed E-state index contributed by atoms with van der Waals surface area (Å²) in [5, 5.41) is 2.64. The third-order valence-corrected chi connectivity index (χ3v) is 4.29. The number of urea groups is 1. The third-order valence-electron chi connectivity index (χ3n) is 4.29. The first-order valence-electron chi connectivity index (χ1n) is 8.01. The fourth-order valence-corrected chi connectivity index (χ4v) is 2.93. The lowest BCUT2D eigenvalue weighted by Crippen LogP contribution is -2.49. The van der Waals surface area contributed by atoms with Crippen molar-refractivity contribution in [2.24, 2.45) is 5.73 Å². The van der Waals surface area contributed by atoms with Gasteiger partial charge in [-0.05, 0) is 18.1 Å². The Morgan fingerprint density at radius 2 is 1.76 bits per heavy atom. The molecule has 128 valence electrons. The molecule has 1 fully saturated rings. The molecule has 0 spiro atoms. The minimum atomic E-state index is -1.02. The Balaban J connectivity index is 1.86. The van der Waals surface area contributed by atoms with Crippen molar-refractivity contribution in [3.63, 3.8) is 0 Å². The van der Waals surface area contributed by atoms with Crippen molar-refractivity contribution in [2.75, 3.05) is 0 Å². The van der Waals surface area contributed by atoms with Gasteiger partial charge in [-0.2, -0.15) is 0 Å². The molecule has 6 nitrogen and oxygen atoms in total. The average molecular weight is 337 g/mol. The van der Waals surface area contributed by atoms with Crippen LogP contribution in [0.2, 0.25) is 0 Å². The number of benzene rings is 2. The summed E-state index contributed by atoms with van der Waals surface area (Å²) in [6.07, 6.45) is 0.190. The molecule has 0 saturated carbocycles. The molecule has 2 aromatic carbocycles. The van der Waals surface area contributed by atoms with Crippen LogP contribution in [-0.4, -0.2) is 28.8 Å². The van der Waals surface area contributed by atoms with Crippen LogP contribution in [0.3, 0.4) is 0 Å². The second-order valence-corrected chi connectivity index (χ2v) is 6.11. The largest absolute Gasteiger partial charge is 0.368 e. The zero-order valence-corrected chi connectivity index (χ0v) is 13.8. The van der Waals surface area contributed by atoms with Crippen LogP contribution in [0.15, 0.2) is 54.6 Å². The molecule has 4 amide bonds. The van der Waals surface area contributed by atoms with E-state index in [0.717, 1.165) is 16.0 Å². The number of aryl methyl sites for hydroxylation is 1. The van der Waals surface area contributed by atoms with Crippen LogP contribution >= 0.6 is 0 Å². The zero-order chi connectivity index (χ0) is 18.0. The topological polar surface area (TPSA) is 92.5 Å². The van der Waals surface area contributed by atoms with E-state index in [0.29, 0.717) is 5.56 Å². The monoisotopic (exact) mass is 337 g/mol. The fourth-order valence-electron chi connectivity index (χ4n) is 2.93. The van der Waals surface area contributed by atoms with Gasteiger partial charge in [0.25, 0.3) is 5.91 Å². The van der Waals surface area contributed by atoms with Gasteiger partial charge in [0.05, 0.1) is 0 Å². The van der Waals surface area contributed by atoms with E-state index in [2.05, 4.69) is 5.32 Å². The Morgan fingerprint density at radius 1 is 1.12 bits per heavy atom. The first-order chi connectivity index (χ1) is 12.0. The summed E-state index contributed by atoms with van der Waals surface area (Å²) in [4.78, 5) is 38.0. The molecule has 1 aliphatic heterocycles. The highest BCUT2D eigenvalue weighted by molar-refractivity contribution is 6.07. The number of hydrogen-bond donors (Lipinski definition) is 2. The van der Waals surface area contributed by atoms with Crippen molar-refractivity contribution < 1.29 is 14.4 Å². The van der Waals surface area contributed by atoms with E-state index in [4.69, 9.17) is 5.73 Å². The number of nitrogens with zero attached hydrogens (tertiary/aromatic N) is 1. The van der Waals surface area contributed by atoms with Crippen LogP contribution in [-0.2, 0) is 16.0 Å². The molecule has 1 saturated heterocycles. The lowest BCUT2D eigenvalue weighted by molar-refractivity contribution is -0.134. The molecule has 25 heavy (non-hydrogen) atoms. The van der Waals surface area contributed by atoms with Gasteiger partial charge in [-0.25, -0.2) is 9.69 Å². The molecule has 3 rings (SSSR count). The number of nitrogens with two attached hydrogens (primary N) is 1. The summed E-state index contributed by atoms with van der Waals surface area (Å²) in [7, 11) is 0.